The fourth-order valence-corrected chi connectivity index (χ4v) is 2.24. The largest absolute Gasteiger partial charge is 0.392 e. The average molecular weight is 300 g/mol. The smallest absolute Gasteiger partial charge is 0.237 e. The second-order valence-corrected chi connectivity index (χ2v) is 6.98. The Labute approximate surface area is 118 Å². The standard InChI is InChI=1S/C13H20N2O4S/c1-20(18,19)7-6-12(14)13(17)15-8-10-2-4-11(9-16)5-3-10/h2-5,12,16H,6-9,14H2,1H3,(H,15,17). The van der Waals surface area contributed by atoms with Gasteiger partial charge in [-0.3, -0.25) is 4.79 Å². The molecule has 1 unspecified atom stereocenters. The molecule has 20 heavy (non-hydrogen) atoms. The van der Waals surface area contributed by atoms with Crippen LogP contribution in [0, 0.1) is 0 Å². The highest BCUT2D eigenvalue weighted by Gasteiger charge is 2.15. The van der Waals surface area contributed by atoms with Crippen molar-refractivity contribution in [3.8, 4) is 0 Å². The first kappa shape index (κ1) is 16.6. The van der Waals surface area contributed by atoms with Crippen LogP contribution in [0.5, 0.6) is 0 Å². The van der Waals surface area contributed by atoms with Crippen LogP contribution in [0.3, 0.4) is 0 Å². The van der Waals surface area contributed by atoms with E-state index in [2.05, 4.69) is 5.32 Å². The number of carbonyl (C=O) groups excluding carboxylic acids is 1. The number of sulfone groups is 1. The number of aliphatic hydroxyl groups excluding tert-OH is 1. The molecule has 7 heteroatoms. The molecule has 0 spiro atoms. The molecule has 0 bridgehead atoms. The molecule has 0 fully saturated rings. The van der Waals surface area contributed by atoms with Crippen molar-refractivity contribution in [2.75, 3.05) is 12.0 Å². The van der Waals surface area contributed by atoms with Crippen LogP contribution >= 0.6 is 0 Å². The van der Waals surface area contributed by atoms with E-state index in [1.807, 2.05) is 0 Å². The molecule has 0 saturated carbocycles. The summed E-state index contributed by atoms with van der Waals surface area (Å²) in [7, 11) is -3.11. The van der Waals surface area contributed by atoms with Crippen molar-refractivity contribution in [1.29, 1.82) is 0 Å². The highest BCUT2D eigenvalue weighted by Crippen LogP contribution is 2.04. The molecule has 0 radical (unpaired) electrons. The van der Waals surface area contributed by atoms with Gasteiger partial charge in [-0.15, -0.1) is 0 Å². The van der Waals surface area contributed by atoms with E-state index in [4.69, 9.17) is 10.8 Å². The van der Waals surface area contributed by atoms with E-state index < -0.39 is 15.9 Å². The molecule has 0 saturated heterocycles. The van der Waals surface area contributed by atoms with Gasteiger partial charge in [-0.05, 0) is 17.5 Å². The zero-order valence-corrected chi connectivity index (χ0v) is 12.2. The second kappa shape index (κ2) is 7.37. The molecular formula is C13H20N2O4S. The van der Waals surface area contributed by atoms with E-state index in [0.29, 0.717) is 6.54 Å². The Morgan fingerprint density at radius 3 is 2.35 bits per heavy atom. The number of nitrogens with one attached hydrogen (secondary N) is 1. The molecule has 6 nitrogen and oxygen atoms in total. The normalized spacial score (nSPS) is 12.9. The van der Waals surface area contributed by atoms with E-state index in [1.165, 1.54) is 0 Å². The molecule has 0 heterocycles. The number of hydrogen-bond acceptors (Lipinski definition) is 5. The molecule has 1 rings (SSSR count). The number of nitrogens with two attached hydrogens (primary N) is 1. The van der Waals surface area contributed by atoms with Crippen molar-refractivity contribution in [2.45, 2.75) is 25.6 Å². The minimum Gasteiger partial charge on any atom is -0.392 e. The zero-order valence-electron chi connectivity index (χ0n) is 11.4. The topological polar surface area (TPSA) is 109 Å². The Balaban J connectivity index is 2.41. The summed E-state index contributed by atoms with van der Waals surface area (Å²) >= 11 is 0. The predicted molar refractivity (Wildman–Crippen MR) is 76.5 cm³/mol. The van der Waals surface area contributed by atoms with Crippen LogP contribution in [0.4, 0.5) is 0 Å². The third kappa shape index (κ3) is 6.14. The third-order valence-electron chi connectivity index (χ3n) is 2.81. The van der Waals surface area contributed by atoms with Crippen molar-refractivity contribution in [1.82, 2.24) is 5.32 Å². The van der Waals surface area contributed by atoms with Gasteiger partial charge in [0.2, 0.25) is 5.91 Å². The minimum absolute atomic E-state index is 0.0248. The summed E-state index contributed by atoms with van der Waals surface area (Å²) in [5, 5.41) is 11.6. The molecule has 1 aromatic rings. The molecular weight excluding hydrogens is 280 g/mol. The monoisotopic (exact) mass is 300 g/mol. The Morgan fingerprint density at radius 2 is 1.85 bits per heavy atom. The third-order valence-corrected chi connectivity index (χ3v) is 3.79. The summed E-state index contributed by atoms with van der Waals surface area (Å²) in [6.07, 6.45) is 1.22. The van der Waals surface area contributed by atoms with Gasteiger partial charge in [-0.2, -0.15) is 0 Å². The van der Waals surface area contributed by atoms with Gasteiger partial charge in [0.1, 0.15) is 9.84 Å². The minimum atomic E-state index is -3.11. The van der Waals surface area contributed by atoms with Crippen LogP contribution in [-0.4, -0.2) is 37.5 Å². The highest BCUT2D eigenvalue weighted by molar-refractivity contribution is 7.90. The van der Waals surface area contributed by atoms with Gasteiger partial charge >= 0.3 is 0 Å². The summed E-state index contributed by atoms with van der Waals surface area (Å²) in [4.78, 5) is 11.7. The van der Waals surface area contributed by atoms with Crippen LogP contribution in [-0.2, 0) is 27.8 Å². The lowest BCUT2D eigenvalue weighted by atomic mass is 10.1. The number of amides is 1. The molecule has 112 valence electrons. The molecule has 0 aliphatic heterocycles. The number of rotatable bonds is 7. The van der Waals surface area contributed by atoms with Gasteiger partial charge in [0.05, 0.1) is 18.4 Å². The van der Waals surface area contributed by atoms with Crippen molar-refractivity contribution in [2.24, 2.45) is 5.73 Å². The predicted octanol–water partition coefficient (Wildman–Crippen LogP) is -0.443. The van der Waals surface area contributed by atoms with Crippen LogP contribution in [0.1, 0.15) is 17.5 Å². The van der Waals surface area contributed by atoms with Crippen LogP contribution in [0.2, 0.25) is 0 Å². The molecule has 1 aromatic carbocycles. The van der Waals surface area contributed by atoms with Crippen molar-refractivity contribution >= 4 is 15.7 Å². The van der Waals surface area contributed by atoms with Crippen molar-refractivity contribution < 1.29 is 18.3 Å². The Hall–Kier alpha value is -1.44. The maximum absolute atomic E-state index is 11.7. The SMILES string of the molecule is CS(=O)(=O)CCC(N)C(=O)NCc1ccc(CO)cc1. The van der Waals surface area contributed by atoms with Gasteiger partial charge in [-0.1, -0.05) is 24.3 Å². The molecule has 0 aliphatic carbocycles. The summed E-state index contributed by atoms with van der Waals surface area (Å²) in [5.74, 6) is -0.479. The Kier molecular flexibility index (Phi) is 6.12. The summed E-state index contributed by atoms with van der Waals surface area (Å²) < 4.78 is 22.0. The zero-order chi connectivity index (χ0) is 15.2. The first-order chi connectivity index (χ1) is 9.31. The number of hydrogen-bond donors (Lipinski definition) is 3. The Bertz CT molecular complexity index is 540. The summed E-state index contributed by atoms with van der Waals surface area (Å²) in [6.45, 7) is 0.292. The molecule has 1 amide bonds. The lowest BCUT2D eigenvalue weighted by Crippen LogP contribution is -2.41. The highest BCUT2D eigenvalue weighted by atomic mass is 32.2. The van der Waals surface area contributed by atoms with E-state index >= 15 is 0 Å². The number of benzene rings is 1. The maximum atomic E-state index is 11.7. The van der Waals surface area contributed by atoms with Crippen molar-refractivity contribution in [3.63, 3.8) is 0 Å². The second-order valence-electron chi connectivity index (χ2n) is 4.72. The van der Waals surface area contributed by atoms with Crippen LogP contribution in [0.25, 0.3) is 0 Å². The van der Waals surface area contributed by atoms with E-state index in [-0.39, 0.29) is 24.7 Å². The van der Waals surface area contributed by atoms with E-state index in [9.17, 15) is 13.2 Å². The summed E-state index contributed by atoms with van der Waals surface area (Å²) in [6, 6.07) is 6.30. The fourth-order valence-electron chi connectivity index (χ4n) is 1.55. The Morgan fingerprint density at radius 1 is 1.30 bits per heavy atom. The molecule has 4 N–H and O–H groups in total. The first-order valence-corrected chi connectivity index (χ1v) is 8.27. The van der Waals surface area contributed by atoms with Gasteiger partial charge < -0.3 is 16.2 Å². The van der Waals surface area contributed by atoms with E-state index in [0.717, 1.165) is 17.4 Å². The van der Waals surface area contributed by atoms with Gasteiger partial charge in [0, 0.05) is 12.8 Å². The lowest BCUT2D eigenvalue weighted by molar-refractivity contribution is -0.122. The molecule has 0 aliphatic rings. The average Bonchev–Trinajstić information content (AvgIpc) is 2.41. The quantitative estimate of drug-likeness (QED) is 0.632. The van der Waals surface area contributed by atoms with Gasteiger partial charge in [-0.25, -0.2) is 8.42 Å². The molecule has 1 atom stereocenters. The first-order valence-electron chi connectivity index (χ1n) is 6.21. The van der Waals surface area contributed by atoms with Gasteiger partial charge in [0.15, 0.2) is 0 Å². The number of carbonyl (C=O) groups is 1. The maximum Gasteiger partial charge on any atom is 0.237 e. The van der Waals surface area contributed by atoms with Crippen LogP contribution < -0.4 is 11.1 Å². The van der Waals surface area contributed by atoms with Crippen LogP contribution in [0.15, 0.2) is 24.3 Å². The van der Waals surface area contributed by atoms with E-state index in [1.54, 1.807) is 24.3 Å². The molecule has 0 aromatic heterocycles. The summed E-state index contributed by atoms with van der Waals surface area (Å²) in [5.41, 5.74) is 7.30. The number of aliphatic hydroxyl groups is 1. The lowest BCUT2D eigenvalue weighted by Gasteiger charge is -2.12. The van der Waals surface area contributed by atoms with Crippen molar-refractivity contribution in [3.05, 3.63) is 35.4 Å². The van der Waals surface area contributed by atoms with Gasteiger partial charge in [0.25, 0.3) is 0 Å². The fraction of sp³-hybridized carbons (Fsp3) is 0.462.